The highest BCUT2D eigenvalue weighted by Gasteiger charge is 2.23. The molecule has 6 heteroatoms. The lowest BCUT2D eigenvalue weighted by Gasteiger charge is -2.20. The van der Waals surface area contributed by atoms with Gasteiger partial charge in [-0.3, -0.25) is 0 Å². The van der Waals surface area contributed by atoms with E-state index >= 15 is 0 Å². The number of carboxylic acid groups (broad SMARTS) is 1. The molecule has 2 aromatic carbocycles. The number of halogens is 2. The van der Waals surface area contributed by atoms with Crippen molar-refractivity contribution in [2.75, 3.05) is 13.7 Å². The Balaban J connectivity index is 2.18. The molecular formula is C17H12F2O4. The van der Waals surface area contributed by atoms with Crippen molar-refractivity contribution in [3.8, 4) is 11.5 Å². The largest absolute Gasteiger partial charge is 0.497 e. The van der Waals surface area contributed by atoms with Gasteiger partial charge >= 0.3 is 5.97 Å². The van der Waals surface area contributed by atoms with Crippen molar-refractivity contribution in [1.29, 1.82) is 0 Å². The van der Waals surface area contributed by atoms with Gasteiger partial charge in [-0.05, 0) is 29.8 Å². The number of aromatic carboxylic acids is 1. The Morgan fingerprint density at radius 3 is 2.52 bits per heavy atom. The summed E-state index contributed by atoms with van der Waals surface area (Å²) in [6.07, 6.45) is 1.52. The van der Waals surface area contributed by atoms with E-state index in [0.717, 1.165) is 12.1 Å². The minimum atomic E-state index is -1.13. The summed E-state index contributed by atoms with van der Waals surface area (Å²) in [5, 5.41) is 9.10. The average Bonchev–Trinajstić information content (AvgIpc) is 2.53. The van der Waals surface area contributed by atoms with Crippen LogP contribution in [0, 0.1) is 11.6 Å². The van der Waals surface area contributed by atoms with Gasteiger partial charge in [-0.15, -0.1) is 0 Å². The summed E-state index contributed by atoms with van der Waals surface area (Å²) in [4.78, 5) is 11.1. The molecule has 0 atom stereocenters. The van der Waals surface area contributed by atoms with Crippen LogP contribution in [0.15, 0.2) is 36.4 Å². The van der Waals surface area contributed by atoms with Gasteiger partial charge in [-0.25, -0.2) is 13.6 Å². The number of rotatable bonds is 3. The summed E-state index contributed by atoms with van der Waals surface area (Å²) in [7, 11) is 1.32. The number of fused-ring (bicyclic) bond motifs is 1. The molecule has 0 amide bonds. The Labute approximate surface area is 130 Å². The highest BCUT2D eigenvalue weighted by Crippen LogP contribution is 2.38. The van der Waals surface area contributed by atoms with E-state index in [-0.39, 0.29) is 29.1 Å². The van der Waals surface area contributed by atoms with Gasteiger partial charge < -0.3 is 14.6 Å². The van der Waals surface area contributed by atoms with Crippen LogP contribution in [0.25, 0.3) is 5.57 Å². The van der Waals surface area contributed by atoms with E-state index in [2.05, 4.69) is 0 Å². The molecule has 1 aliphatic heterocycles. The molecule has 0 radical (unpaired) electrons. The topological polar surface area (TPSA) is 55.8 Å². The molecule has 0 saturated carbocycles. The summed E-state index contributed by atoms with van der Waals surface area (Å²) in [5.74, 6) is -2.27. The van der Waals surface area contributed by atoms with Crippen molar-refractivity contribution in [1.82, 2.24) is 0 Å². The lowest BCUT2D eigenvalue weighted by molar-refractivity contribution is 0.0697. The second-order valence-corrected chi connectivity index (χ2v) is 4.91. The maximum Gasteiger partial charge on any atom is 0.335 e. The maximum atomic E-state index is 14.3. The van der Waals surface area contributed by atoms with Crippen molar-refractivity contribution >= 4 is 11.5 Å². The monoisotopic (exact) mass is 318 g/mol. The minimum Gasteiger partial charge on any atom is -0.497 e. The van der Waals surface area contributed by atoms with Gasteiger partial charge in [0.2, 0.25) is 0 Å². The fourth-order valence-corrected chi connectivity index (χ4v) is 2.49. The van der Waals surface area contributed by atoms with Gasteiger partial charge in [0, 0.05) is 17.7 Å². The molecule has 118 valence electrons. The molecule has 0 saturated heterocycles. The van der Waals surface area contributed by atoms with Crippen LogP contribution < -0.4 is 9.47 Å². The van der Waals surface area contributed by atoms with Crippen LogP contribution in [0.2, 0.25) is 0 Å². The second-order valence-electron chi connectivity index (χ2n) is 4.91. The highest BCUT2D eigenvalue weighted by molar-refractivity contribution is 5.92. The lowest BCUT2D eigenvalue weighted by Crippen LogP contribution is -2.09. The van der Waals surface area contributed by atoms with Crippen molar-refractivity contribution in [2.45, 2.75) is 0 Å². The minimum absolute atomic E-state index is 0.00878. The standard InChI is InChI=1S/C17H12F2O4/c1-22-10-7-13(18)16(14(19)8-10)11-4-5-23-15-3-2-9(17(20)21)6-12(11)15/h2-4,6-8H,5H2,1H3,(H,20,21). The quantitative estimate of drug-likeness (QED) is 0.941. The molecule has 0 fully saturated rings. The van der Waals surface area contributed by atoms with Crippen molar-refractivity contribution in [3.63, 3.8) is 0 Å². The summed E-state index contributed by atoms with van der Waals surface area (Å²) < 4.78 is 38.9. The molecule has 0 spiro atoms. The summed E-state index contributed by atoms with van der Waals surface area (Å²) >= 11 is 0. The summed E-state index contributed by atoms with van der Waals surface area (Å²) in [6, 6.07) is 6.35. The molecule has 0 unspecified atom stereocenters. The Morgan fingerprint density at radius 1 is 1.22 bits per heavy atom. The van der Waals surface area contributed by atoms with Gasteiger partial charge in [0.1, 0.15) is 29.7 Å². The van der Waals surface area contributed by atoms with E-state index in [1.165, 1.54) is 31.4 Å². The molecule has 1 aliphatic rings. The van der Waals surface area contributed by atoms with Crippen LogP contribution in [0.3, 0.4) is 0 Å². The first kappa shape index (κ1) is 15.0. The molecule has 0 aromatic heterocycles. The van der Waals surface area contributed by atoms with Gasteiger partial charge in [0.25, 0.3) is 0 Å². The molecule has 0 aliphatic carbocycles. The van der Waals surface area contributed by atoms with Gasteiger partial charge in [-0.1, -0.05) is 0 Å². The third-order valence-corrected chi connectivity index (χ3v) is 3.56. The van der Waals surface area contributed by atoms with Crippen LogP contribution in [-0.2, 0) is 0 Å². The zero-order valence-electron chi connectivity index (χ0n) is 12.1. The first-order valence-electron chi connectivity index (χ1n) is 6.75. The number of hydrogen-bond donors (Lipinski definition) is 1. The summed E-state index contributed by atoms with van der Waals surface area (Å²) in [6.45, 7) is 0.139. The van der Waals surface area contributed by atoms with Gasteiger partial charge in [0.05, 0.1) is 18.2 Å². The average molecular weight is 318 g/mol. The van der Waals surface area contributed by atoms with Crippen molar-refractivity contribution < 1.29 is 28.2 Å². The molecule has 4 nitrogen and oxygen atoms in total. The fourth-order valence-electron chi connectivity index (χ4n) is 2.49. The predicted molar refractivity (Wildman–Crippen MR) is 78.9 cm³/mol. The number of benzene rings is 2. The van der Waals surface area contributed by atoms with Crippen LogP contribution >= 0.6 is 0 Å². The first-order chi connectivity index (χ1) is 11.0. The number of hydrogen-bond acceptors (Lipinski definition) is 3. The van der Waals surface area contributed by atoms with Crippen LogP contribution in [0.5, 0.6) is 11.5 Å². The Bertz CT molecular complexity index is 804. The lowest BCUT2D eigenvalue weighted by atomic mass is 9.93. The normalized spacial score (nSPS) is 12.9. The van der Waals surface area contributed by atoms with Gasteiger partial charge in [-0.2, -0.15) is 0 Å². The van der Waals surface area contributed by atoms with Gasteiger partial charge in [0.15, 0.2) is 0 Å². The van der Waals surface area contributed by atoms with Crippen molar-refractivity contribution in [3.05, 3.63) is 64.7 Å². The SMILES string of the molecule is COc1cc(F)c(C2=CCOc3ccc(C(=O)O)cc32)c(F)c1. The third-order valence-electron chi connectivity index (χ3n) is 3.56. The molecule has 0 bridgehead atoms. The van der Waals surface area contributed by atoms with E-state index in [1.54, 1.807) is 0 Å². The molecule has 23 heavy (non-hydrogen) atoms. The predicted octanol–water partition coefficient (Wildman–Crippen LogP) is 3.50. The van der Waals surface area contributed by atoms with Crippen LogP contribution in [-0.4, -0.2) is 24.8 Å². The Morgan fingerprint density at radius 2 is 1.91 bits per heavy atom. The molecular weight excluding hydrogens is 306 g/mol. The Kier molecular flexibility index (Phi) is 3.73. The molecule has 1 heterocycles. The van der Waals surface area contributed by atoms with E-state index < -0.39 is 17.6 Å². The fraction of sp³-hybridized carbons (Fsp3) is 0.118. The summed E-state index contributed by atoms with van der Waals surface area (Å²) in [5.41, 5.74) is 0.360. The third kappa shape index (κ3) is 2.63. The van der Waals surface area contributed by atoms with Crippen molar-refractivity contribution in [2.24, 2.45) is 0 Å². The Hall–Kier alpha value is -2.89. The smallest absolute Gasteiger partial charge is 0.335 e. The number of ether oxygens (including phenoxy) is 2. The van der Waals surface area contributed by atoms with E-state index in [4.69, 9.17) is 14.6 Å². The zero-order chi connectivity index (χ0) is 16.6. The second kappa shape index (κ2) is 5.72. The zero-order valence-corrected chi connectivity index (χ0v) is 12.1. The van der Waals surface area contributed by atoms with E-state index in [1.807, 2.05) is 0 Å². The van der Waals surface area contributed by atoms with E-state index in [0.29, 0.717) is 11.3 Å². The first-order valence-corrected chi connectivity index (χ1v) is 6.75. The number of methoxy groups -OCH3 is 1. The number of carbonyl (C=O) groups is 1. The molecule has 1 N–H and O–H groups in total. The maximum absolute atomic E-state index is 14.3. The molecule has 3 rings (SSSR count). The van der Waals surface area contributed by atoms with Crippen LogP contribution in [0.1, 0.15) is 21.5 Å². The van der Waals surface area contributed by atoms with E-state index in [9.17, 15) is 13.6 Å². The molecule has 2 aromatic rings. The highest BCUT2D eigenvalue weighted by atomic mass is 19.1. The van der Waals surface area contributed by atoms with Crippen LogP contribution in [0.4, 0.5) is 8.78 Å². The number of carboxylic acids is 1.